The second-order valence-corrected chi connectivity index (χ2v) is 7.27. The summed E-state index contributed by atoms with van der Waals surface area (Å²) in [5, 5.41) is 14.1. The van der Waals surface area contributed by atoms with Crippen molar-refractivity contribution in [3.63, 3.8) is 0 Å². The van der Waals surface area contributed by atoms with Crippen molar-refractivity contribution in [1.29, 1.82) is 0 Å². The van der Waals surface area contributed by atoms with Crippen LogP contribution in [0.25, 0.3) is 28.0 Å². The van der Waals surface area contributed by atoms with Gasteiger partial charge in [-0.3, -0.25) is 20.0 Å². The number of benzene rings is 3. The van der Waals surface area contributed by atoms with Crippen LogP contribution in [0.4, 0.5) is 5.69 Å². The van der Waals surface area contributed by atoms with Crippen molar-refractivity contribution in [2.24, 2.45) is 5.73 Å². The Morgan fingerprint density at radius 2 is 1.70 bits per heavy atom. The number of aromatic amines is 1. The third-order valence-electron chi connectivity index (χ3n) is 5.16. The van der Waals surface area contributed by atoms with E-state index in [1.807, 2.05) is 30.3 Å². The second kappa shape index (κ2) is 7.97. The fraction of sp³-hybridized carbons (Fsp3) is 0. The number of H-pyrrole nitrogens is 1. The summed E-state index contributed by atoms with van der Waals surface area (Å²) in [6.07, 6.45) is 1.63. The number of carbonyl (C=O) groups is 1. The normalized spacial score (nSPS) is 10.9. The number of nitrogens with two attached hydrogens (primary N) is 1. The van der Waals surface area contributed by atoms with Gasteiger partial charge in [0.1, 0.15) is 17.2 Å². The van der Waals surface area contributed by atoms with Crippen LogP contribution in [0.2, 0.25) is 0 Å². The van der Waals surface area contributed by atoms with Gasteiger partial charge in [0.15, 0.2) is 11.3 Å². The van der Waals surface area contributed by atoms with Crippen molar-refractivity contribution >= 4 is 17.2 Å². The molecule has 0 radical (unpaired) electrons. The summed E-state index contributed by atoms with van der Waals surface area (Å²) in [6.45, 7) is 0. The smallest absolute Gasteiger partial charge is 0.270 e. The number of fused-ring (bicyclic) bond motifs is 1. The Hall–Kier alpha value is -4.92. The molecule has 2 heterocycles. The maximum atomic E-state index is 12.3. The van der Waals surface area contributed by atoms with Crippen molar-refractivity contribution < 1.29 is 14.5 Å². The lowest BCUT2D eigenvalue weighted by Gasteiger charge is -2.06. The number of rotatable bonds is 6. The number of nitrogens with zero attached hydrogens (tertiary/aromatic N) is 3. The number of nitro groups is 1. The summed E-state index contributed by atoms with van der Waals surface area (Å²) < 4.78 is 7.31. The van der Waals surface area contributed by atoms with E-state index in [-0.39, 0.29) is 11.4 Å². The molecule has 0 aliphatic heterocycles. The SMILES string of the molecule is NC(=O)c1c(-c2ccc(Oc3ccccc3)cc2)nc2c(-c3cccc([N+](=O)[O-])c3)c[nH]n12. The van der Waals surface area contributed by atoms with E-state index in [0.29, 0.717) is 39.5 Å². The highest BCUT2D eigenvalue weighted by Crippen LogP contribution is 2.32. The molecule has 9 heteroatoms. The summed E-state index contributed by atoms with van der Waals surface area (Å²) >= 11 is 0. The van der Waals surface area contributed by atoms with E-state index in [2.05, 4.69) is 10.1 Å². The fourth-order valence-corrected chi connectivity index (χ4v) is 3.65. The monoisotopic (exact) mass is 439 g/mol. The van der Waals surface area contributed by atoms with Crippen LogP contribution < -0.4 is 10.5 Å². The predicted molar refractivity (Wildman–Crippen MR) is 122 cm³/mol. The number of para-hydroxylation sites is 1. The Balaban J connectivity index is 1.56. The molecule has 1 amide bonds. The van der Waals surface area contributed by atoms with Crippen molar-refractivity contribution in [1.82, 2.24) is 14.6 Å². The number of nitrogens with one attached hydrogen (secondary N) is 1. The average Bonchev–Trinajstić information content (AvgIpc) is 3.39. The van der Waals surface area contributed by atoms with Crippen LogP contribution >= 0.6 is 0 Å². The van der Waals surface area contributed by atoms with Gasteiger partial charge in [0.05, 0.1) is 4.92 Å². The molecule has 5 aromatic rings. The Morgan fingerprint density at radius 1 is 0.970 bits per heavy atom. The van der Waals surface area contributed by atoms with E-state index in [1.54, 1.807) is 42.6 Å². The van der Waals surface area contributed by atoms with Gasteiger partial charge < -0.3 is 10.5 Å². The molecule has 2 aromatic heterocycles. The van der Waals surface area contributed by atoms with Gasteiger partial charge in [0, 0.05) is 29.5 Å². The molecule has 0 aliphatic carbocycles. The van der Waals surface area contributed by atoms with E-state index < -0.39 is 10.8 Å². The summed E-state index contributed by atoms with van der Waals surface area (Å²) in [5.41, 5.74) is 8.51. The van der Waals surface area contributed by atoms with Crippen molar-refractivity contribution in [3.05, 3.63) is 101 Å². The first-order valence-corrected chi connectivity index (χ1v) is 9.99. The lowest BCUT2D eigenvalue weighted by Crippen LogP contribution is -2.15. The summed E-state index contributed by atoms with van der Waals surface area (Å²) in [5.74, 6) is 0.683. The molecule has 0 unspecified atom stereocenters. The minimum absolute atomic E-state index is 0.0391. The first-order chi connectivity index (χ1) is 16.0. The van der Waals surface area contributed by atoms with E-state index in [0.717, 1.165) is 0 Å². The van der Waals surface area contributed by atoms with E-state index in [4.69, 9.17) is 10.5 Å². The maximum absolute atomic E-state index is 12.3. The first kappa shape index (κ1) is 20.0. The highest BCUT2D eigenvalue weighted by atomic mass is 16.6. The van der Waals surface area contributed by atoms with Crippen LogP contribution in [0.1, 0.15) is 10.5 Å². The highest BCUT2D eigenvalue weighted by molar-refractivity contribution is 5.99. The number of primary amides is 1. The molecule has 162 valence electrons. The molecule has 0 saturated carbocycles. The number of carbonyl (C=O) groups excluding carboxylic acids is 1. The van der Waals surface area contributed by atoms with Gasteiger partial charge in [0.25, 0.3) is 11.6 Å². The van der Waals surface area contributed by atoms with E-state index in [1.165, 1.54) is 16.6 Å². The summed E-state index contributed by atoms with van der Waals surface area (Å²) in [7, 11) is 0. The van der Waals surface area contributed by atoms with Crippen LogP contribution in [0.5, 0.6) is 11.5 Å². The number of aromatic nitrogens is 3. The van der Waals surface area contributed by atoms with Gasteiger partial charge in [-0.2, -0.15) is 0 Å². The number of amides is 1. The largest absolute Gasteiger partial charge is 0.457 e. The van der Waals surface area contributed by atoms with Crippen molar-refractivity contribution in [2.75, 3.05) is 0 Å². The Bertz CT molecular complexity index is 1490. The molecule has 0 aliphatic rings. The molecule has 0 fully saturated rings. The number of hydrogen-bond acceptors (Lipinski definition) is 5. The molecular formula is C24H17N5O4. The number of ether oxygens (including phenoxy) is 1. The predicted octanol–water partition coefficient (Wildman–Crippen LogP) is 4.80. The molecule has 0 spiro atoms. The van der Waals surface area contributed by atoms with Crippen LogP contribution in [0.3, 0.4) is 0 Å². The molecule has 3 aromatic carbocycles. The molecule has 0 atom stereocenters. The van der Waals surface area contributed by atoms with Gasteiger partial charge in [-0.1, -0.05) is 30.3 Å². The molecular weight excluding hydrogens is 422 g/mol. The molecule has 0 saturated heterocycles. The quantitative estimate of drug-likeness (QED) is 0.290. The third-order valence-corrected chi connectivity index (χ3v) is 5.16. The van der Waals surface area contributed by atoms with E-state index in [9.17, 15) is 14.9 Å². The first-order valence-electron chi connectivity index (χ1n) is 9.99. The summed E-state index contributed by atoms with van der Waals surface area (Å²) in [4.78, 5) is 27.7. The molecule has 0 bridgehead atoms. The van der Waals surface area contributed by atoms with Crippen LogP contribution in [-0.4, -0.2) is 25.4 Å². The minimum atomic E-state index is -0.658. The van der Waals surface area contributed by atoms with Gasteiger partial charge in [0.2, 0.25) is 0 Å². The number of non-ortho nitro benzene ring substituents is 1. The molecule has 5 rings (SSSR count). The van der Waals surface area contributed by atoms with Gasteiger partial charge >= 0.3 is 0 Å². The Kier molecular flexibility index (Phi) is 4.83. The van der Waals surface area contributed by atoms with E-state index >= 15 is 0 Å². The summed E-state index contributed by atoms with van der Waals surface area (Å²) in [6, 6.07) is 22.7. The van der Waals surface area contributed by atoms with Crippen LogP contribution in [-0.2, 0) is 0 Å². The van der Waals surface area contributed by atoms with Gasteiger partial charge in [-0.05, 0) is 42.0 Å². The number of imidazole rings is 1. The van der Waals surface area contributed by atoms with Crippen molar-refractivity contribution in [2.45, 2.75) is 0 Å². The highest BCUT2D eigenvalue weighted by Gasteiger charge is 2.23. The fourth-order valence-electron chi connectivity index (χ4n) is 3.65. The van der Waals surface area contributed by atoms with Gasteiger partial charge in [-0.25, -0.2) is 9.50 Å². The van der Waals surface area contributed by atoms with Crippen molar-refractivity contribution in [3.8, 4) is 33.9 Å². The zero-order valence-corrected chi connectivity index (χ0v) is 17.1. The minimum Gasteiger partial charge on any atom is -0.457 e. The van der Waals surface area contributed by atoms with Gasteiger partial charge in [-0.15, -0.1) is 0 Å². The lowest BCUT2D eigenvalue weighted by molar-refractivity contribution is -0.384. The molecule has 9 nitrogen and oxygen atoms in total. The Morgan fingerprint density at radius 3 is 2.39 bits per heavy atom. The molecule has 33 heavy (non-hydrogen) atoms. The zero-order valence-electron chi connectivity index (χ0n) is 17.1. The lowest BCUT2D eigenvalue weighted by atomic mass is 10.1. The number of nitro benzene ring substituents is 1. The topological polar surface area (TPSA) is 129 Å². The third kappa shape index (κ3) is 3.68. The van der Waals surface area contributed by atoms with Crippen LogP contribution in [0, 0.1) is 10.1 Å². The Labute approximate surface area is 187 Å². The standard InChI is InChI=1S/C24H17N5O4/c25-23(30)22-21(15-9-11-19(12-10-15)33-18-7-2-1-3-8-18)27-24-20(14-26-28(22)24)16-5-4-6-17(13-16)29(31)32/h1-14,26H,(H2,25,30). The second-order valence-electron chi connectivity index (χ2n) is 7.27. The maximum Gasteiger partial charge on any atom is 0.270 e. The molecule has 3 N–H and O–H groups in total. The number of hydrogen-bond donors (Lipinski definition) is 2. The zero-order chi connectivity index (χ0) is 22.9. The van der Waals surface area contributed by atoms with Crippen LogP contribution in [0.15, 0.2) is 85.1 Å². The average molecular weight is 439 g/mol.